The van der Waals surface area contributed by atoms with Gasteiger partial charge in [-0.05, 0) is 37.1 Å². The number of hydrogen-bond donors (Lipinski definition) is 2. The highest BCUT2D eigenvalue weighted by Gasteiger charge is 2.21. The number of anilines is 2. The summed E-state index contributed by atoms with van der Waals surface area (Å²) in [6.45, 7) is 0. The molecule has 1 amide bonds. The molecular formula is C20H21ClN4O. The van der Waals surface area contributed by atoms with E-state index in [1.807, 2.05) is 48.1 Å². The monoisotopic (exact) mass is 368 g/mol. The third-order valence-electron chi connectivity index (χ3n) is 4.93. The second-order valence-electron chi connectivity index (χ2n) is 6.80. The SMILES string of the molecule is Cn1ccc2c(Nc3cccc(Cl)c3)ncc(C(=O)NC3CCCC3)c21. The minimum absolute atomic E-state index is 0.0505. The van der Waals surface area contributed by atoms with E-state index in [-0.39, 0.29) is 11.9 Å². The first kappa shape index (κ1) is 16.9. The van der Waals surface area contributed by atoms with Crippen molar-refractivity contribution in [3.05, 3.63) is 53.3 Å². The highest BCUT2D eigenvalue weighted by molar-refractivity contribution is 6.30. The summed E-state index contributed by atoms with van der Waals surface area (Å²) < 4.78 is 1.96. The van der Waals surface area contributed by atoms with Gasteiger partial charge in [-0.25, -0.2) is 4.98 Å². The van der Waals surface area contributed by atoms with E-state index >= 15 is 0 Å². The molecule has 2 heterocycles. The van der Waals surface area contributed by atoms with Crippen LogP contribution in [0.1, 0.15) is 36.0 Å². The molecule has 0 spiro atoms. The van der Waals surface area contributed by atoms with Gasteiger partial charge in [0.15, 0.2) is 0 Å². The maximum Gasteiger partial charge on any atom is 0.255 e. The number of aryl methyl sites for hydroxylation is 1. The molecule has 0 aliphatic heterocycles. The van der Waals surface area contributed by atoms with Crippen LogP contribution >= 0.6 is 11.6 Å². The average molecular weight is 369 g/mol. The molecule has 26 heavy (non-hydrogen) atoms. The number of pyridine rings is 1. The van der Waals surface area contributed by atoms with Crippen molar-refractivity contribution in [2.75, 3.05) is 5.32 Å². The molecular weight excluding hydrogens is 348 g/mol. The highest BCUT2D eigenvalue weighted by Crippen LogP contribution is 2.29. The van der Waals surface area contributed by atoms with E-state index in [4.69, 9.17) is 11.6 Å². The fraction of sp³-hybridized carbons (Fsp3) is 0.300. The van der Waals surface area contributed by atoms with E-state index in [1.54, 1.807) is 6.20 Å². The fourth-order valence-electron chi connectivity index (χ4n) is 3.62. The van der Waals surface area contributed by atoms with Gasteiger partial charge in [0.1, 0.15) is 5.82 Å². The highest BCUT2D eigenvalue weighted by atomic mass is 35.5. The van der Waals surface area contributed by atoms with Crippen LogP contribution in [0, 0.1) is 0 Å². The molecule has 6 heteroatoms. The van der Waals surface area contributed by atoms with Gasteiger partial charge in [0.25, 0.3) is 5.91 Å². The summed E-state index contributed by atoms with van der Waals surface area (Å²) in [5.41, 5.74) is 2.34. The Labute approximate surface area is 157 Å². The van der Waals surface area contributed by atoms with Crippen LogP contribution in [-0.4, -0.2) is 21.5 Å². The molecule has 1 saturated carbocycles. The number of fused-ring (bicyclic) bond motifs is 1. The molecule has 0 bridgehead atoms. The zero-order chi connectivity index (χ0) is 18.1. The van der Waals surface area contributed by atoms with Crippen molar-refractivity contribution in [2.45, 2.75) is 31.7 Å². The number of amides is 1. The van der Waals surface area contributed by atoms with Gasteiger partial charge in [0.2, 0.25) is 0 Å². The third kappa shape index (κ3) is 3.27. The van der Waals surface area contributed by atoms with E-state index in [9.17, 15) is 4.79 Å². The van der Waals surface area contributed by atoms with Crippen LogP contribution in [0.2, 0.25) is 5.02 Å². The summed E-state index contributed by atoms with van der Waals surface area (Å²) in [4.78, 5) is 17.3. The summed E-state index contributed by atoms with van der Waals surface area (Å²) in [6, 6.07) is 9.75. The Morgan fingerprint density at radius 3 is 2.85 bits per heavy atom. The number of carbonyl (C=O) groups excluding carboxylic acids is 1. The number of hydrogen-bond acceptors (Lipinski definition) is 3. The number of rotatable bonds is 4. The van der Waals surface area contributed by atoms with E-state index in [0.717, 1.165) is 29.4 Å². The fourth-order valence-corrected chi connectivity index (χ4v) is 3.81. The van der Waals surface area contributed by atoms with E-state index in [0.29, 0.717) is 16.4 Å². The summed E-state index contributed by atoms with van der Waals surface area (Å²) in [5.74, 6) is 0.658. The molecule has 1 aliphatic carbocycles. The van der Waals surface area contributed by atoms with Crippen molar-refractivity contribution in [3.8, 4) is 0 Å². The molecule has 1 aliphatic rings. The summed E-state index contributed by atoms with van der Waals surface area (Å²) >= 11 is 6.06. The minimum Gasteiger partial charge on any atom is -0.350 e. The number of halogens is 1. The van der Waals surface area contributed by atoms with Gasteiger partial charge in [0.05, 0.1) is 11.1 Å². The van der Waals surface area contributed by atoms with E-state index in [1.165, 1.54) is 12.8 Å². The molecule has 0 radical (unpaired) electrons. The average Bonchev–Trinajstić information content (AvgIpc) is 3.26. The lowest BCUT2D eigenvalue weighted by Gasteiger charge is -2.14. The Hall–Kier alpha value is -2.53. The second kappa shape index (κ2) is 7.00. The molecule has 134 valence electrons. The Kier molecular flexibility index (Phi) is 4.55. The summed E-state index contributed by atoms with van der Waals surface area (Å²) in [7, 11) is 1.94. The quantitative estimate of drug-likeness (QED) is 0.705. The first-order chi connectivity index (χ1) is 12.6. The number of nitrogens with zero attached hydrogens (tertiary/aromatic N) is 2. The maximum atomic E-state index is 12.8. The van der Waals surface area contributed by atoms with Gasteiger partial charge in [-0.15, -0.1) is 0 Å². The van der Waals surface area contributed by atoms with Gasteiger partial charge >= 0.3 is 0 Å². The Bertz CT molecular complexity index is 960. The molecule has 2 N–H and O–H groups in total. The molecule has 1 aromatic carbocycles. The van der Waals surface area contributed by atoms with Gasteiger partial charge in [-0.1, -0.05) is 30.5 Å². The van der Waals surface area contributed by atoms with Crippen LogP contribution in [-0.2, 0) is 7.05 Å². The van der Waals surface area contributed by atoms with E-state index < -0.39 is 0 Å². The van der Waals surface area contributed by atoms with Gasteiger partial charge < -0.3 is 15.2 Å². The largest absolute Gasteiger partial charge is 0.350 e. The van der Waals surface area contributed by atoms with Crippen LogP contribution in [0.5, 0.6) is 0 Å². The Morgan fingerprint density at radius 1 is 1.27 bits per heavy atom. The van der Waals surface area contributed by atoms with Gasteiger partial charge in [0, 0.05) is 41.6 Å². The lowest BCUT2D eigenvalue weighted by molar-refractivity contribution is 0.0939. The normalized spacial score (nSPS) is 14.7. The first-order valence-corrected chi connectivity index (χ1v) is 9.27. The number of benzene rings is 1. The molecule has 4 rings (SSSR count). The van der Waals surface area contributed by atoms with Crippen LogP contribution < -0.4 is 10.6 Å². The molecule has 0 atom stereocenters. The molecule has 0 unspecified atom stereocenters. The molecule has 5 nitrogen and oxygen atoms in total. The maximum absolute atomic E-state index is 12.8. The number of carbonyl (C=O) groups is 1. The predicted molar refractivity (Wildman–Crippen MR) is 105 cm³/mol. The van der Waals surface area contributed by atoms with E-state index in [2.05, 4.69) is 15.6 Å². The molecule has 0 saturated heterocycles. The first-order valence-electron chi connectivity index (χ1n) is 8.89. The Balaban J connectivity index is 1.68. The van der Waals surface area contributed by atoms with Crippen molar-refractivity contribution in [1.82, 2.24) is 14.9 Å². The molecule has 3 aromatic rings. The number of aromatic nitrogens is 2. The van der Waals surface area contributed by atoms with Crippen LogP contribution in [0.15, 0.2) is 42.7 Å². The molecule has 1 fully saturated rings. The van der Waals surface area contributed by atoms with Gasteiger partial charge in [-0.3, -0.25) is 4.79 Å². The van der Waals surface area contributed by atoms with Crippen molar-refractivity contribution in [1.29, 1.82) is 0 Å². The smallest absolute Gasteiger partial charge is 0.255 e. The van der Waals surface area contributed by atoms with Crippen LogP contribution in [0.25, 0.3) is 10.9 Å². The summed E-state index contributed by atoms with van der Waals surface area (Å²) in [6.07, 6.45) is 8.09. The molecule has 2 aromatic heterocycles. The van der Waals surface area contributed by atoms with Gasteiger partial charge in [-0.2, -0.15) is 0 Å². The van der Waals surface area contributed by atoms with Crippen molar-refractivity contribution >= 4 is 39.9 Å². The second-order valence-corrected chi connectivity index (χ2v) is 7.24. The minimum atomic E-state index is -0.0505. The van der Waals surface area contributed by atoms with Crippen LogP contribution in [0.3, 0.4) is 0 Å². The zero-order valence-electron chi connectivity index (χ0n) is 14.6. The lowest BCUT2D eigenvalue weighted by atomic mass is 10.1. The van der Waals surface area contributed by atoms with Crippen molar-refractivity contribution in [3.63, 3.8) is 0 Å². The Morgan fingerprint density at radius 2 is 2.08 bits per heavy atom. The van der Waals surface area contributed by atoms with Crippen LogP contribution in [0.4, 0.5) is 11.5 Å². The third-order valence-corrected chi connectivity index (χ3v) is 5.16. The lowest BCUT2D eigenvalue weighted by Crippen LogP contribution is -2.33. The topological polar surface area (TPSA) is 59.0 Å². The standard InChI is InChI=1S/C20H21ClN4O/c1-25-10-9-16-18(25)17(20(26)24-14-6-2-3-7-14)12-22-19(16)23-15-8-4-5-13(21)11-15/h4-5,8-12,14H,2-3,6-7H2,1H3,(H,22,23)(H,24,26). The van der Waals surface area contributed by atoms with Crippen molar-refractivity contribution < 1.29 is 4.79 Å². The predicted octanol–water partition coefficient (Wildman–Crippen LogP) is 4.64. The number of nitrogens with one attached hydrogen (secondary N) is 2. The zero-order valence-corrected chi connectivity index (χ0v) is 15.4. The summed E-state index contributed by atoms with van der Waals surface area (Å²) in [5, 5.41) is 8.02. The van der Waals surface area contributed by atoms with Crippen molar-refractivity contribution in [2.24, 2.45) is 7.05 Å².